The van der Waals surface area contributed by atoms with E-state index in [4.69, 9.17) is 0 Å². The minimum atomic E-state index is -3.04. The Hall–Kier alpha value is -0.350. The minimum absolute atomic E-state index is 0.158. The maximum absolute atomic E-state index is 12.0. The molecule has 4 heteroatoms. The Morgan fingerprint density at radius 1 is 1.44 bits per heavy atom. The molecule has 88 valence electrons. The fourth-order valence-corrected chi connectivity index (χ4v) is 5.25. The highest BCUT2D eigenvalue weighted by molar-refractivity contribution is 9.09. The maximum atomic E-state index is 12.0. The summed E-state index contributed by atoms with van der Waals surface area (Å²) in [5.41, 5.74) is 1.01. The van der Waals surface area contributed by atoms with Crippen LogP contribution in [0.2, 0.25) is 0 Å². The van der Waals surface area contributed by atoms with Crippen LogP contribution < -0.4 is 0 Å². The van der Waals surface area contributed by atoms with Gasteiger partial charge in [0.15, 0.2) is 9.84 Å². The van der Waals surface area contributed by atoms with Gasteiger partial charge in [-0.15, -0.1) is 0 Å². The van der Waals surface area contributed by atoms with Crippen molar-refractivity contribution in [3.63, 3.8) is 0 Å². The number of hydrogen-bond donors (Lipinski definition) is 0. The zero-order chi connectivity index (χ0) is 11.8. The summed E-state index contributed by atoms with van der Waals surface area (Å²) in [6, 6.07) is 7.41. The van der Waals surface area contributed by atoms with Crippen molar-refractivity contribution in [2.45, 2.75) is 24.2 Å². The topological polar surface area (TPSA) is 34.1 Å². The summed E-state index contributed by atoms with van der Waals surface area (Å²) in [5.74, 6) is 0.834. The van der Waals surface area contributed by atoms with Crippen molar-refractivity contribution in [2.75, 3.05) is 11.1 Å². The Morgan fingerprint density at radius 2 is 2.12 bits per heavy atom. The van der Waals surface area contributed by atoms with Crippen LogP contribution in [-0.2, 0) is 9.84 Å². The largest absolute Gasteiger partial charge is 0.224 e. The van der Waals surface area contributed by atoms with E-state index >= 15 is 0 Å². The van der Waals surface area contributed by atoms with Gasteiger partial charge in [0.1, 0.15) is 0 Å². The number of fused-ring (bicyclic) bond motifs is 1. The molecule has 1 aromatic rings. The van der Waals surface area contributed by atoms with Crippen molar-refractivity contribution in [2.24, 2.45) is 5.92 Å². The molecule has 2 unspecified atom stereocenters. The highest BCUT2D eigenvalue weighted by Gasteiger charge is 2.37. The second-order valence-electron chi connectivity index (χ2n) is 4.25. The zero-order valence-corrected chi connectivity index (χ0v) is 11.6. The first-order valence-corrected chi connectivity index (χ1v) is 8.25. The van der Waals surface area contributed by atoms with E-state index < -0.39 is 9.84 Å². The van der Waals surface area contributed by atoms with E-state index in [0.717, 1.165) is 17.3 Å². The van der Waals surface area contributed by atoms with Crippen LogP contribution in [0.3, 0.4) is 0 Å². The Morgan fingerprint density at radius 3 is 2.75 bits per heavy atom. The standard InChI is InChI=1S/C12H15BrO2S/c1-2-9(7-13)11-8-16(14,15)12-6-4-3-5-10(11)12/h3-6,9,11H,2,7-8H2,1H3. The molecule has 0 fully saturated rings. The van der Waals surface area contributed by atoms with E-state index in [-0.39, 0.29) is 11.7 Å². The van der Waals surface area contributed by atoms with Gasteiger partial charge in [-0.25, -0.2) is 8.42 Å². The molecule has 1 aliphatic heterocycles. The summed E-state index contributed by atoms with van der Waals surface area (Å²) in [5, 5.41) is 0.859. The van der Waals surface area contributed by atoms with Crippen molar-refractivity contribution in [3.05, 3.63) is 29.8 Å². The maximum Gasteiger partial charge on any atom is 0.179 e. The Bertz CT molecular complexity index is 478. The van der Waals surface area contributed by atoms with E-state index in [2.05, 4.69) is 22.9 Å². The molecular weight excluding hydrogens is 288 g/mol. The van der Waals surface area contributed by atoms with Crippen molar-refractivity contribution in [3.8, 4) is 0 Å². The number of benzene rings is 1. The monoisotopic (exact) mass is 302 g/mol. The van der Waals surface area contributed by atoms with Crippen molar-refractivity contribution < 1.29 is 8.42 Å². The van der Waals surface area contributed by atoms with Crippen LogP contribution in [0.15, 0.2) is 29.2 Å². The fraction of sp³-hybridized carbons (Fsp3) is 0.500. The molecule has 0 saturated carbocycles. The molecular formula is C12H15BrO2S. The van der Waals surface area contributed by atoms with Gasteiger partial charge in [0.05, 0.1) is 10.6 Å². The second-order valence-corrected chi connectivity index (χ2v) is 6.90. The summed E-state index contributed by atoms with van der Waals surface area (Å²) < 4.78 is 24.0. The zero-order valence-electron chi connectivity index (χ0n) is 9.19. The first-order chi connectivity index (χ1) is 7.60. The molecule has 0 radical (unpaired) electrons. The third-order valence-electron chi connectivity index (χ3n) is 3.34. The van der Waals surface area contributed by atoms with E-state index in [9.17, 15) is 8.42 Å². The van der Waals surface area contributed by atoms with Crippen LogP contribution >= 0.6 is 15.9 Å². The van der Waals surface area contributed by atoms with Crippen LogP contribution in [0.4, 0.5) is 0 Å². The van der Waals surface area contributed by atoms with Crippen LogP contribution in [0.1, 0.15) is 24.8 Å². The number of hydrogen-bond acceptors (Lipinski definition) is 2. The Labute approximate surface area is 105 Å². The fourth-order valence-electron chi connectivity index (χ4n) is 2.38. The first-order valence-electron chi connectivity index (χ1n) is 5.47. The van der Waals surface area contributed by atoms with E-state index in [1.54, 1.807) is 12.1 Å². The lowest BCUT2D eigenvalue weighted by atomic mass is 9.87. The molecule has 2 atom stereocenters. The Kier molecular flexibility index (Phi) is 3.40. The predicted molar refractivity (Wildman–Crippen MR) is 68.8 cm³/mol. The molecule has 0 saturated heterocycles. The third kappa shape index (κ3) is 1.93. The van der Waals surface area contributed by atoms with Crippen molar-refractivity contribution in [1.29, 1.82) is 0 Å². The van der Waals surface area contributed by atoms with Gasteiger partial charge in [0.25, 0.3) is 0 Å². The van der Waals surface area contributed by atoms with Gasteiger partial charge in [-0.3, -0.25) is 0 Å². The quantitative estimate of drug-likeness (QED) is 0.805. The summed E-state index contributed by atoms with van der Waals surface area (Å²) >= 11 is 3.48. The molecule has 16 heavy (non-hydrogen) atoms. The van der Waals surface area contributed by atoms with Gasteiger partial charge in [0, 0.05) is 11.2 Å². The van der Waals surface area contributed by atoms with Gasteiger partial charge in [-0.2, -0.15) is 0 Å². The summed E-state index contributed by atoms with van der Waals surface area (Å²) in [7, 11) is -3.04. The van der Waals surface area contributed by atoms with Gasteiger partial charge >= 0.3 is 0 Å². The third-order valence-corrected chi connectivity index (χ3v) is 6.02. The predicted octanol–water partition coefficient (Wildman–Crippen LogP) is 2.98. The number of sulfone groups is 1. The molecule has 1 aliphatic rings. The molecule has 0 N–H and O–H groups in total. The second kappa shape index (κ2) is 4.49. The van der Waals surface area contributed by atoms with Gasteiger partial charge in [0.2, 0.25) is 0 Å². The molecule has 0 aliphatic carbocycles. The Balaban J connectivity index is 2.48. The number of alkyl halides is 1. The molecule has 2 nitrogen and oxygen atoms in total. The van der Waals surface area contributed by atoms with E-state index in [1.165, 1.54) is 0 Å². The van der Waals surface area contributed by atoms with E-state index in [0.29, 0.717) is 10.8 Å². The molecule has 0 amide bonds. The van der Waals surface area contributed by atoms with Crippen LogP contribution in [0.25, 0.3) is 0 Å². The highest BCUT2D eigenvalue weighted by Crippen LogP contribution is 2.40. The molecule has 2 rings (SSSR count). The molecule has 1 aromatic carbocycles. The average molecular weight is 303 g/mol. The van der Waals surface area contributed by atoms with Gasteiger partial charge < -0.3 is 0 Å². The number of rotatable bonds is 3. The minimum Gasteiger partial charge on any atom is -0.224 e. The van der Waals surface area contributed by atoms with Crippen molar-refractivity contribution >= 4 is 25.8 Å². The summed E-state index contributed by atoms with van der Waals surface area (Å²) in [6.45, 7) is 2.11. The lowest BCUT2D eigenvalue weighted by Crippen LogP contribution is -2.15. The lowest BCUT2D eigenvalue weighted by Gasteiger charge is -2.19. The first kappa shape index (κ1) is 12.1. The summed E-state index contributed by atoms with van der Waals surface area (Å²) in [4.78, 5) is 0.541. The SMILES string of the molecule is CCC(CBr)C1CS(=O)(=O)c2ccccc21. The highest BCUT2D eigenvalue weighted by atomic mass is 79.9. The van der Waals surface area contributed by atoms with Crippen LogP contribution in [0, 0.1) is 5.92 Å². The molecule has 0 aromatic heterocycles. The molecule has 1 heterocycles. The van der Waals surface area contributed by atoms with Crippen molar-refractivity contribution in [1.82, 2.24) is 0 Å². The smallest absolute Gasteiger partial charge is 0.179 e. The van der Waals surface area contributed by atoms with E-state index in [1.807, 2.05) is 12.1 Å². The van der Waals surface area contributed by atoms with Gasteiger partial charge in [-0.1, -0.05) is 47.5 Å². The number of halogens is 1. The van der Waals surface area contributed by atoms with Crippen LogP contribution in [0.5, 0.6) is 0 Å². The average Bonchev–Trinajstić information content (AvgIpc) is 2.54. The molecule has 0 spiro atoms. The lowest BCUT2D eigenvalue weighted by molar-refractivity contribution is 0.487. The summed E-state index contributed by atoms with van der Waals surface area (Å²) in [6.07, 6.45) is 1.000. The normalized spacial score (nSPS) is 24.0. The van der Waals surface area contributed by atoms with Gasteiger partial charge in [-0.05, 0) is 17.5 Å². The van der Waals surface area contributed by atoms with Crippen LogP contribution in [-0.4, -0.2) is 19.5 Å². The molecule has 0 bridgehead atoms.